The largest absolute Gasteiger partial charge is 0.355 e. The minimum atomic E-state index is -3.55. The van der Waals surface area contributed by atoms with Crippen LogP contribution in [-0.2, 0) is 14.8 Å². The molecule has 6 nitrogen and oxygen atoms in total. The summed E-state index contributed by atoms with van der Waals surface area (Å²) in [6.07, 6.45) is 0. The standard InChI is InChI=1S/C9H21N3O3S/c1-8(2,9(3,4)10)7(13)12-5-6-16(11,14)15/h5-6,10H2,1-4H3,(H,12,13)(H2,11,14,15). The lowest BCUT2D eigenvalue weighted by Gasteiger charge is -2.36. The summed E-state index contributed by atoms with van der Waals surface area (Å²) in [7, 11) is -3.55. The van der Waals surface area contributed by atoms with Gasteiger partial charge in [0, 0.05) is 12.1 Å². The molecule has 16 heavy (non-hydrogen) atoms. The zero-order chi connectivity index (χ0) is 13.2. The van der Waals surface area contributed by atoms with Gasteiger partial charge in [0.05, 0.1) is 11.2 Å². The van der Waals surface area contributed by atoms with Crippen molar-refractivity contribution in [3.05, 3.63) is 0 Å². The van der Waals surface area contributed by atoms with Crippen molar-refractivity contribution in [3.8, 4) is 0 Å². The molecule has 0 unspecified atom stereocenters. The Balaban J connectivity index is 4.39. The predicted octanol–water partition coefficient (Wildman–Crippen LogP) is -0.845. The van der Waals surface area contributed by atoms with Crippen LogP contribution in [0.25, 0.3) is 0 Å². The second kappa shape index (κ2) is 4.68. The van der Waals surface area contributed by atoms with Crippen molar-refractivity contribution in [1.82, 2.24) is 5.32 Å². The second-order valence-corrected chi connectivity index (χ2v) is 6.70. The van der Waals surface area contributed by atoms with E-state index in [-0.39, 0.29) is 18.2 Å². The van der Waals surface area contributed by atoms with Crippen molar-refractivity contribution in [3.63, 3.8) is 0 Å². The third kappa shape index (κ3) is 4.46. The summed E-state index contributed by atoms with van der Waals surface area (Å²) in [5.41, 5.74) is 4.39. The Kier molecular flexibility index (Phi) is 4.49. The molecule has 0 saturated heterocycles. The summed E-state index contributed by atoms with van der Waals surface area (Å²) in [6.45, 7) is 6.90. The Bertz CT molecular complexity index is 355. The molecule has 0 atom stereocenters. The van der Waals surface area contributed by atoms with Gasteiger partial charge in [-0.05, 0) is 27.7 Å². The molecule has 0 rings (SSSR count). The van der Waals surface area contributed by atoms with Gasteiger partial charge in [0.15, 0.2) is 0 Å². The quantitative estimate of drug-likeness (QED) is 0.590. The maximum Gasteiger partial charge on any atom is 0.227 e. The lowest BCUT2D eigenvalue weighted by atomic mass is 9.74. The molecule has 96 valence electrons. The Labute approximate surface area is 96.8 Å². The zero-order valence-corrected chi connectivity index (χ0v) is 11.0. The molecule has 0 bridgehead atoms. The molecule has 0 heterocycles. The summed E-state index contributed by atoms with van der Waals surface area (Å²) in [5, 5.41) is 7.32. The molecule has 0 spiro atoms. The highest BCUT2D eigenvalue weighted by Gasteiger charge is 2.40. The number of rotatable bonds is 5. The number of amides is 1. The number of sulfonamides is 1. The van der Waals surface area contributed by atoms with Crippen LogP contribution in [0, 0.1) is 5.41 Å². The summed E-state index contributed by atoms with van der Waals surface area (Å²) < 4.78 is 21.3. The van der Waals surface area contributed by atoms with Gasteiger partial charge >= 0.3 is 0 Å². The Morgan fingerprint density at radius 2 is 1.69 bits per heavy atom. The Hall–Kier alpha value is -0.660. The third-order valence-corrected chi connectivity index (χ3v) is 3.62. The number of nitrogens with one attached hydrogen (secondary N) is 1. The maximum atomic E-state index is 11.8. The fraction of sp³-hybridized carbons (Fsp3) is 0.889. The van der Waals surface area contributed by atoms with Gasteiger partial charge in [0.25, 0.3) is 0 Å². The first kappa shape index (κ1) is 15.3. The summed E-state index contributed by atoms with van der Waals surface area (Å²) in [5.74, 6) is -0.566. The molecule has 7 heteroatoms. The summed E-state index contributed by atoms with van der Waals surface area (Å²) >= 11 is 0. The van der Waals surface area contributed by atoms with Crippen molar-refractivity contribution in [1.29, 1.82) is 0 Å². The van der Waals surface area contributed by atoms with Crippen LogP contribution in [-0.4, -0.2) is 32.2 Å². The highest BCUT2D eigenvalue weighted by atomic mass is 32.2. The van der Waals surface area contributed by atoms with Gasteiger partial charge in [-0.3, -0.25) is 4.79 Å². The molecule has 0 aliphatic carbocycles. The molecule has 0 radical (unpaired) electrons. The number of primary sulfonamides is 1. The van der Waals surface area contributed by atoms with Crippen molar-refractivity contribution in [2.45, 2.75) is 33.2 Å². The Morgan fingerprint density at radius 1 is 1.25 bits per heavy atom. The molecule has 0 saturated carbocycles. The number of carbonyl (C=O) groups is 1. The number of hydrogen-bond acceptors (Lipinski definition) is 4. The van der Waals surface area contributed by atoms with Crippen molar-refractivity contribution < 1.29 is 13.2 Å². The molecule has 0 aliphatic rings. The lowest BCUT2D eigenvalue weighted by molar-refractivity contribution is -0.132. The van der Waals surface area contributed by atoms with Crippen LogP contribution in [0.3, 0.4) is 0 Å². The highest BCUT2D eigenvalue weighted by Crippen LogP contribution is 2.28. The van der Waals surface area contributed by atoms with Crippen LogP contribution in [0.15, 0.2) is 0 Å². The molecular weight excluding hydrogens is 230 g/mol. The maximum absolute atomic E-state index is 11.8. The molecular formula is C9H21N3O3S. The van der Waals surface area contributed by atoms with E-state index in [0.717, 1.165) is 0 Å². The van der Waals surface area contributed by atoms with E-state index in [2.05, 4.69) is 5.32 Å². The topological polar surface area (TPSA) is 115 Å². The first-order chi connectivity index (χ1) is 6.88. The number of nitrogens with two attached hydrogens (primary N) is 2. The normalized spacial score (nSPS) is 13.6. The van der Waals surface area contributed by atoms with Crippen LogP contribution in [0.4, 0.5) is 0 Å². The fourth-order valence-electron chi connectivity index (χ4n) is 0.820. The van der Waals surface area contributed by atoms with Gasteiger partial charge in [-0.1, -0.05) is 0 Å². The SMILES string of the molecule is CC(C)(N)C(C)(C)C(=O)NCCS(N)(=O)=O. The van der Waals surface area contributed by atoms with Gasteiger partial charge in [0.1, 0.15) is 0 Å². The molecule has 0 aliphatic heterocycles. The average molecular weight is 251 g/mol. The fourth-order valence-corrected chi connectivity index (χ4v) is 1.21. The first-order valence-electron chi connectivity index (χ1n) is 4.95. The van der Waals surface area contributed by atoms with Crippen LogP contribution in [0.1, 0.15) is 27.7 Å². The van der Waals surface area contributed by atoms with E-state index in [4.69, 9.17) is 10.9 Å². The van der Waals surface area contributed by atoms with E-state index in [1.54, 1.807) is 27.7 Å². The summed E-state index contributed by atoms with van der Waals surface area (Å²) in [4.78, 5) is 11.8. The Morgan fingerprint density at radius 3 is 2.00 bits per heavy atom. The van der Waals surface area contributed by atoms with Crippen LogP contribution >= 0.6 is 0 Å². The van der Waals surface area contributed by atoms with Gasteiger partial charge in [-0.15, -0.1) is 0 Å². The average Bonchev–Trinajstić information content (AvgIpc) is 1.99. The van der Waals surface area contributed by atoms with Gasteiger partial charge < -0.3 is 11.1 Å². The molecule has 0 fully saturated rings. The molecule has 0 aromatic rings. The monoisotopic (exact) mass is 251 g/mol. The first-order valence-corrected chi connectivity index (χ1v) is 6.67. The van der Waals surface area contributed by atoms with Gasteiger partial charge in [0.2, 0.25) is 15.9 Å². The van der Waals surface area contributed by atoms with E-state index in [0.29, 0.717) is 0 Å². The van der Waals surface area contributed by atoms with E-state index in [1.807, 2.05) is 0 Å². The van der Waals surface area contributed by atoms with E-state index < -0.39 is 21.0 Å². The van der Waals surface area contributed by atoms with Crippen molar-refractivity contribution >= 4 is 15.9 Å². The highest BCUT2D eigenvalue weighted by molar-refractivity contribution is 7.89. The van der Waals surface area contributed by atoms with Crippen LogP contribution < -0.4 is 16.2 Å². The molecule has 0 aromatic heterocycles. The summed E-state index contributed by atoms with van der Waals surface area (Å²) in [6, 6.07) is 0. The van der Waals surface area contributed by atoms with Crippen LogP contribution in [0.5, 0.6) is 0 Å². The van der Waals surface area contributed by atoms with E-state index in [9.17, 15) is 13.2 Å². The van der Waals surface area contributed by atoms with E-state index >= 15 is 0 Å². The van der Waals surface area contributed by atoms with Gasteiger partial charge in [-0.2, -0.15) is 0 Å². The predicted molar refractivity (Wildman–Crippen MR) is 63.0 cm³/mol. The number of hydrogen-bond donors (Lipinski definition) is 3. The molecule has 5 N–H and O–H groups in total. The van der Waals surface area contributed by atoms with Crippen molar-refractivity contribution in [2.75, 3.05) is 12.3 Å². The zero-order valence-electron chi connectivity index (χ0n) is 10.2. The van der Waals surface area contributed by atoms with Gasteiger partial charge in [-0.25, -0.2) is 13.6 Å². The van der Waals surface area contributed by atoms with Crippen LogP contribution in [0.2, 0.25) is 0 Å². The minimum absolute atomic E-state index is 0.00280. The smallest absolute Gasteiger partial charge is 0.227 e. The van der Waals surface area contributed by atoms with E-state index in [1.165, 1.54) is 0 Å². The second-order valence-electron chi connectivity index (χ2n) is 4.97. The molecule has 0 aromatic carbocycles. The van der Waals surface area contributed by atoms with Crippen molar-refractivity contribution in [2.24, 2.45) is 16.3 Å². The minimum Gasteiger partial charge on any atom is -0.355 e. The molecule has 1 amide bonds. The number of carbonyl (C=O) groups excluding carboxylic acids is 1. The third-order valence-electron chi connectivity index (χ3n) is 2.85. The lowest BCUT2D eigenvalue weighted by Crippen LogP contribution is -2.56.